The predicted molar refractivity (Wildman–Crippen MR) is 102 cm³/mol. The lowest BCUT2D eigenvalue weighted by Crippen LogP contribution is -2.00. The second kappa shape index (κ2) is 5.93. The number of furan rings is 1. The second-order valence-electron chi connectivity index (χ2n) is 5.81. The summed E-state index contributed by atoms with van der Waals surface area (Å²) in [5, 5.41) is 17.0. The van der Waals surface area contributed by atoms with Crippen LogP contribution >= 0.6 is 0 Å². The minimum atomic E-state index is 0.334. The molecule has 0 unspecified atom stereocenters. The molecule has 0 radical (unpaired) electrons. The monoisotopic (exact) mass is 339 g/mol. The number of hydrogen-bond donors (Lipinski definition) is 1. The average molecular weight is 339 g/mol. The molecular formula is C20H13N5O. The highest BCUT2D eigenvalue weighted by Gasteiger charge is 2.11. The Morgan fingerprint density at radius 1 is 0.769 bits per heavy atom. The van der Waals surface area contributed by atoms with E-state index in [4.69, 9.17) is 4.42 Å². The van der Waals surface area contributed by atoms with Crippen molar-refractivity contribution in [3.8, 4) is 0 Å². The topological polar surface area (TPSA) is 76.2 Å². The minimum Gasteiger partial charge on any atom is -0.463 e. The molecular weight excluding hydrogens is 326 g/mol. The van der Waals surface area contributed by atoms with Crippen LogP contribution in [0.1, 0.15) is 5.76 Å². The van der Waals surface area contributed by atoms with Crippen LogP contribution in [0.15, 0.2) is 76.4 Å². The maximum Gasteiger partial charge on any atom is 0.263 e. The van der Waals surface area contributed by atoms with Gasteiger partial charge in [-0.2, -0.15) is 5.10 Å². The summed E-state index contributed by atoms with van der Waals surface area (Å²) in [5.74, 6) is 0.975. The first kappa shape index (κ1) is 14.5. The van der Waals surface area contributed by atoms with Crippen LogP contribution in [-0.2, 0) is 0 Å². The van der Waals surface area contributed by atoms with Gasteiger partial charge in [0.1, 0.15) is 16.8 Å². The Labute approximate surface area is 148 Å². The van der Waals surface area contributed by atoms with Crippen LogP contribution in [0, 0.1) is 0 Å². The summed E-state index contributed by atoms with van der Waals surface area (Å²) in [5.41, 5.74) is 4.39. The van der Waals surface area contributed by atoms with Gasteiger partial charge in [0.15, 0.2) is 0 Å². The zero-order valence-corrected chi connectivity index (χ0v) is 13.6. The first-order valence-corrected chi connectivity index (χ1v) is 8.16. The summed E-state index contributed by atoms with van der Waals surface area (Å²) >= 11 is 0. The van der Waals surface area contributed by atoms with Crippen molar-refractivity contribution >= 4 is 44.7 Å². The van der Waals surface area contributed by atoms with E-state index in [2.05, 4.69) is 43.9 Å². The molecule has 6 heteroatoms. The molecule has 1 N–H and O–H groups in total. The lowest BCUT2D eigenvalue weighted by molar-refractivity contribution is 0.560. The van der Waals surface area contributed by atoms with E-state index in [1.165, 1.54) is 0 Å². The number of aromatic nitrogens is 3. The normalized spacial score (nSPS) is 11.7. The van der Waals surface area contributed by atoms with Crippen molar-refractivity contribution in [2.45, 2.75) is 0 Å². The molecule has 0 saturated carbocycles. The molecule has 0 atom stereocenters. The van der Waals surface area contributed by atoms with Crippen molar-refractivity contribution < 1.29 is 4.42 Å². The maximum atomic E-state index is 5.20. The van der Waals surface area contributed by atoms with Crippen molar-refractivity contribution in [2.75, 3.05) is 5.43 Å². The fourth-order valence-corrected chi connectivity index (χ4v) is 3.11. The summed E-state index contributed by atoms with van der Waals surface area (Å²) in [4.78, 5) is 4.64. The van der Waals surface area contributed by atoms with Gasteiger partial charge in [0, 0.05) is 10.8 Å². The molecule has 124 valence electrons. The highest BCUT2D eigenvalue weighted by Crippen LogP contribution is 2.32. The molecule has 26 heavy (non-hydrogen) atoms. The highest BCUT2D eigenvalue weighted by molar-refractivity contribution is 6.22. The third-order valence-electron chi connectivity index (χ3n) is 4.24. The smallest absolute Gasteiger partial charge is 0.263 e. The van der Waals surface area contributed by atoms with Crippen molar-refractivity contribution in [1.82, 2.24) is 15.2 Å². The van der Waals surface area contributed by atoms with Gasteiger partial charge in [-0.25, -0.2) is 10.4 Å². The summed E-state index contributed by atoms with van der Waals surface area (Å²) in [6.45, 7) is 0. The Kier molecular flexibility index (Phi) is 3.31. The maximum absolute atomic E-state index is 5.20. The van der Waals surface area contributed by atoms with Crippen LogP contribution in [0.2, 0.25) is 0 Å². The lowest BCUT2D eigenvalue weighted by atomic mass is 10.00. The molecule has 0 fully saturated rings. The molecule has 0 bridgehead atoms. The molecule has 0 aliphatic carbocycles. The van der Waals surface area contributed by atoms with E-state index in [1.54, 1.807) is 18.5 Å². The Bertz CT molecular complexity index is 1230. The van der Waals surface area contributed by atoms with E-state index in [0.29, 0.717) is 11.7 Å². The number of benzene rings is 3. The summed E-state index contributed by atoms with van der Waals surface area (Å²) in [6, 6.07) is 20.0. The molecule has 6 nitrogen and oxygen atoms in total. The SMILES string of the molecule is C(=NNc1nnc2c3ccccc3c3ccccc3c2n1)c1ccco1. The second-order valence-corrected chi connectivity index (χ2v) is 5.81. The summed E-state index contributed by atoms with van der Waals surface area (Å²) in [6.07, 6.45) is 3.15. The largest absolute Gasteiger partial charge is 0.463 e. The molecule has 5 rings (SSSR count). The van der Waals surface area contributed by atoms with E-state index in [-0.39, 0.29) is 0 Å². The van der Waals surface area contributed by atoms with Crippen LogP contribution in [0.5, 0.6) is 0 Å². The van der Waals surface area contributed by atoms with E-state index < -0.39 is 0 Å². The zero-order valence-electron chi connectivity index (χ0n) is 13.6. The molecule has 0 amide bonds. The van der Waals surface area contributed by atoms with Crippen LogP contribution in [0.25, 0.3) is 32.6 Å². The van der Waals surface area contributed by atoms with E-state index in [0.717, 1.165) is 32.6 Å². The molecule has 2 aromatic heterocycles. The van der Waals surface area contributed by atoms with Crippen molar-refractivity contribution in [3.63, 3.8) is 0 Å². The molecule has 0 spiro atoms. The van der Waals surface area contributed by atoms with E-state index in [9.17, 15) is 0 Å². The van der Waals surface area contributed by atoms with Gasteiger partial charge in [-0.3, -0.25) is 0 Å². The molecule has 0 aliphatic rings. The van der Waals surface area contributed by atoms with Crippen molar-refractivity contribution in [2.24, 2.45) is 5.10 Å². The Balaban J connectivity index is 1.68. The third-order valence-corrected chi connectivity index (χ3v) is 4.24. The van der Waals surface area contributed by atoms with Crippen LogP contribution < -0.4 is 5.43 Å². The van der Waals surface area contributed by atoms with Crippen LogP contribution in [0.4, 0.5) is 5.95 Å². The Morgan fingerprint density at radius 3 is 2.15 bits per heavy atom. The highest BCUT2D eigenvalue weighted by atomic mass is 16.3. The fourth-order valence-electron chi connectivity index (χ4n) is 3.11. The lowest BCUT2D eigenvalue weighted by Gasteiger charge is -2.08. The van der Waals surface area contributed by atoms with Gasteiger partial charge in [0.05, 0.1) is 12.5 Å². The number of fused-ring (bicyclic) bond motifs is 6. The predicted octanol–water partition coefficient (Wildman–Crippen LogP) is 4.37. The number of nitrogens with one attached hydrogen (secondary N) is 1. The van der Waals surface area contributed by atoms with Crippen LogP contribution in [0.3, 0.4) is 0 Å². The average Bonchev–Trinajstić information content (AvgIpc) is 3.22. The number of hydrazone groups is 1. The van der Waals surface area contributed by atoms with Gasteiger partial charge in [-0.15, -0.1) is 10.2 Å². The Morgan fingerprint density at radius 2 is 1.46 bits per heavy atom. The zero-order chi connectivity index (χ0) is 17.3. The standard InChI is InChI=1S/C20H13N5O/c1-3-9-16-14(7-1)15-8-2-4-10-17(15)19-18(16)22-20(25-23-19)24-21-12-13-6-5-11-26-13/h1-12H,(H,22,24,25). The molecule has 3 aromatic carbocycles. The van der Waals surface area contributed by atoms with Gasteiger partial charge in [0.2, 0.25) is 0 Å². The van der Waals surface area contributed by atoms with Gasteiger partial charge in [0.25, 0.3) is 5.95 Å². The van der Waals surface area contributed by atoms with Crippen molar-refractivity contribution in [3.05, 3.63) is 72.7 Å². The van der Waals surface area contributed by atoms with Gasteiger partial charge >= 0.3 is 0 Å². The quantitative estimate of drug-likeness (QED) is 0.300. The number of nitrogens with zero attached hydrogens (tertiary/aromatic N) is 4. The van der Waals surface area contributed by atoms with Gasteiger partial charge in [-0.05, 0) is 22.9 Å². The van der Waals surface area contributed by atoms with Gasteiger partial charge in [-0.1, -0.05) is 48.5 Å². The Hall–Kier alpha value is -3.80. The fraction of sp³-hybridized carbons (Fsp3) is 0. The van der Waals surface area contributed by atoms with Crippen LogP contribution in [-0.4, -0.2) is 21.4 Å². The van der Waals surface area contributed by atoms with Crippen molar-refractivity contribution in [1.29, 1.82) is 0 Å². The third kappa shape index (κ3) is 2.36. The first-order valence-electron chi connectivity index (χ1n) is 8.16. The molecule has 0 aliphatic heterocycles. The van der Waals surface area contributed by atoms with E-state index >= 15 is 0 Å². The first-order chi connectivity index (χ1) is 12.9. The molecule has 0 saturated heterocycles. The van der Waals surface area contributed by atoms with Gasteiger partial charge < -0.3 is 4.42 Å². The molecule has 5 aromatic rings. The summed E-state index contributed by atoms with van der Waals surface area (Å²) in [7, 11) is 0. The number of hydrogen-bond acceptors (Lipinski definition) is 6. The van der Waals surface area contributed by atoms with E-state index in [1.807, 2.05) is 36.4 Å². The molecule has 2 heterocycles. The number of anilines is 1. The number of rotatable bonds is 3. The summed E-state index contributed by atoms with van der Waals surface area (Å²) < 4.78 is 5.20. The minimum absolute atomic E-state index is 0.334.